The molecule has 0 aliphatic carbocycles. The van der Waals surface area contributed by atoms with Gasteiger partial charge in [-0.15, -0.1) is 11.8 Å². The second kappa shape index (κ2) is 8.44. The van der Waals surface area contributed by atoms with Crippen LogP contribution in [0.1, 0.15) is 33.6 Å². The third-order valence-electron chi connectivity index (χ3n) is 2.81. The number of methoxy groups -OCH3 is 1. The van der Waals surface area contributed by atoms with Crippen molar-refractivity contribution in [3.8, 4) is 5.75 Å². The lowest BCUT2D eigenvalue weighted by atomic mass is 10.2. The van der Waals surface area contributed by atoms with Gasteiger partial charge in [-0.25, -0.2) is 0 Å². The van der Waals surface area contributed by atoms with Crippen molar-refractivity contribution in [2.24, 2.45) is 0 Å². The number of thioether (sulfide) groups is 1. The number of benzene rings is 1. The van der Waals surface area contributed by atoms with Crippen LogP contribution >= 0.6 is 11.8 Å². The van der Waals surface area contributed by atoms with E-state index in [2.05, 4.69) is 38.2 Å². The molecule has 0 aliphatic rings. The average molecular weight is 267 g/mol. The Labute approximate surface area is 116 Å². The minimum atomic E-state index is 0.582. The van der Waals surface area contributed by atoms with E-state index in [9.17, 15) is 0 Å². The lowest BCUT2D eigenvalue weighted by molar-refractivity contribution is 0.413. The molecular formula is C15H25NOS. The molecule has 1 rings (SSSR count). The summed E-state index contributed by atoms with van der Waals surface area (Å²) >= 11 is 1.91. The summed E-state index contributed by atoms with van der Waals surface area (Å²) in [6.07, 6.45) is 2.38. The molecule has 1 N–H and O–H groups in total. The third-order valence-corrected chi connectivity index (χ3v) is 3.93. The van der Waals surface area contributed by atoms with Crippen LogP contribution in [0.25, 0.3) is 0 Å². The topological polar surface area (TPSA) is 21.3 Å². The van der Waals surface area contributed by atoms with E-state index in [1.54, 1.807) is 7.11 Å². The molecule has 2 atom stereocenters. The minimum absolute atomic E-state index is 0.582. The molecule has 1 aromatic carbocycles. The molecule has 0 spiro atoms. The molecule has 0 amide bonds. The fourth-order valence-electron chi connectivity index (χ4n) is 1.93. The number of ether oxygens (including phenoxy) is 1. The number of hydrogen-bond acceptors (Lipinski definition) is 3. The van der Waals surface area contributed by atoms with Crippen LogP contribution in [0.3, 0.4) is 0 Å². The molecule has 0 saturated heterocycles. The number of nitrogens with one attached hydrogen (secondary N) is 1. The van der Waals surface area contributed by atoms with Crippen molar-refractivity contribution in [2.75, 3.05) is 13.7 Å². The first-order valence-electron chi connectivity index (χ1n) is 6.69. The zero-order valence-corrected chi connectivity index (χ0v) is 12.7. The highest BCUT2D eigenvalue weighted by Crippen LogP contribution is 2.28. The summed E-state index contributed by atoms with van der Waals surface area (Å²) in [6.45, 7) is 7.86. The summed E-state index contributed by atoms with van der Waals surface area (Å²) in [5, 5.41) is 4.14. The molecule has 2 nitrogen and oxygen atoms in total. The van der Waals surface area contributed by atoms with E-state index in [0.717, 1.165) is 12.3 Å². The van der Waals surface area contributed by atoms with E-state index in [-0.39, 0.29) is 0 Å². The van der Waals surface area contributed by atoms with Gasteiger partial charge in [-0.05, 0) is 44.5 Å². The van der Waals surface area contributed by atoms with Crippen LogP contribution in [0.15, 0.2) is 29.2 Å². The highest BCUT2D eigenvalue weighted by molar-refractivity contribution is 7.99. The highest BCUT2D eigenvalue weighted by Gasteiger charge is 2.09. The monoisotopic (exact) mass is 267 g/mol. The van der Waals surface area contributed by atoms with Crippen LogP contribution in [0.5, 0.6) is 5.75 Å². The Balaban J connectivity index is 2.40. The second-order valence-electron chi connectivity index (χ2n) is 4.70. The molecule has 0 fully saturated rings. The van der Waals surface area contributed by atoms with Crippen LogP contribution in [-0.4, -0.2) is 24.9 Å². The molecule has 18 heavy (non-hydrogen) atoms. The summed E-state index contributed by atoms with van der Waals surface area (Å²) in [7, 11) is 1.71. The largest absolute Gasteiger partial charge is 0.497 e. The first kappa shape index (κ1) is 15.4. The van der Waals surface area contributed by atoms with Crippen molar-refractivity contribution in [3.63, 3.8) is 0 Å². The van der Waals surface area contributed by atoms with Gasteiger partial charge in [0.25, 0.3) is 0 Å². The molecule has 1 aromatic rings. The van der Waals surface area contributed by atoms with Crippen LogP contribution in [0.2, 0.25) is 0 Å². The number of rotatable bonds is 8. The first-order valence-corrected chi connectivity index (χ1v) is 7.57. The zero-order valence-electron chi connectivity index (χ0n) is 11.9. The van der Waals surface area contributed by atoms with Gasteiger partial charge in [0.15, 0.2) is 0 Å². The van der Waals surface area contributed by atoms with Crippen molar-refractivity contribution in [1.29, 1.82) is 0 Å². The molecule has 0 aliphatic heterocycles. The highest BCUT2D eigenvalue weighted by atomic mass is 32.2. The van der Waals surface area contributed by atoms with Crippen LogP contribution in [-0.2, 0) is 0 Å². The lowest BCUT2D eigenvalue weighted by Gasteiger charge is -2.18. The van der Waals surface area contributed by atoms with E-state index in [4.69, 9.17) is 4.74 Å². The fraction of sp³-hybridized carbons (Fsp3) is 0.600. The predicted octanol–water partition coefficient (Wildman–Crippen LogP) is 3.95. The predicted molar refractivity (Wildman–Crippen MR) is 80.7 cm³/mol. The van der Waals surface area contributed by atoms with Crippen molar-refractivity contribution in [1.82, 2.24) is 5.32 Å². The smallest absolute Gasteiger partial charge is 0.119 e. The Bertz CT molecular complexity index is 343. The Kier molecular flexibility index (Phi) is 7.21. The van der Waals surface area contributed by atoms with E-state index in [1.165, 1.54) is 17.7 Å². The lowest BCUT2D eigenvalue weighted by Crippen LogP contribution is -2.29. The van der Waals surface area contributed by atoms with Crippen LogP contribution in [0, 0.1) is 0 Å². The third kappa shape index (κ3) is 5.78. The van der Waals surface area contributed by atoms with Gasteiger partial charge in [-0.2, -0.15) is 0 Å². The molecule has 0 heterocycles. The summed E-state index contributed by atoms with van der Waals surface area (Å²) in [6, 6.07) is 8.87. The molecule has 3 heteroatoms. The summed E-state index contributed by atoms with van der Waals surface area (Å²) in [4.78, 5) is 1.28. The maximum atomic E-state index is 5.24. The Morgan fingerprint density at radius 3 is 2.78 bits per heavy atom. The van der Waals surface area contributed by atoms with Gasteiger partial charge in [-0.3, -0.25) is 0 Å². The van der Waals surface area contributed by atoms with E-state index in [1.807, 2.05) is 23.9 Å². The van der Waals surface area contributed by atoms with Crippen LogP contribution < -0.4 is 10.1 Å². The molecule has 0 bridgehead atoms. The van der Waals surface area contributed by atoms with Crippen molar-refractivity contribution < 1.29 is 4.74 Å². The zero-order chi connectivity index (χ0) is 13.4. The van der Waals surface area contributed by atoms with E-state index < -0.39 is 0 Å². The van der Waals surface area contributed by atoms with Gasteiger partial charge >= 0.3 is 0 Å². The minimum Gasteiger partial charge on any atom is -0.497 e. The summed E-state index contributed by atoms with van der Waals surface area (Å²) < 4.78 is 5.24. The summed E-state index contributed by atoms with van der Waals surface area (Å²) in [5.41, 5.74) is 0. The Morgan fingerprint density at radius 1 is 1.33 bits per heavy atom. The summed E-state index contributed by atoms with van der Waals surface area (Å²) in [5.74, 6) is 0.935. The SMILES string of the molecule is CCCNC(C)CC(C)Sc1cccc(OC)c1. The van der Waals surface area contributed by atoms with Gasteiger partial charge in [0.2, 0.25) is 0 Å². The molecule has 0 saturated carbocycles. The molecular weight excluding hydrogens is 242 g/mol. The Hall–Kier alpha value is -0.670. The van der Waals surface area contributed by atoms with Gasteiger partial charge in [0.05, 0.1) is 7.11 Å². The van der Waals surface area contributed by atoms with Crippen molar-refractivity contribution in [2.45, 2.75) is 49.8 Å². The van der Waals surface area contributed by atoms with Crippen molar-refractivity contribution >= 4 is 11.8 Å². The molecule has 0 aromatic heterocycles. The van der Waals surface area contributed by atoms with Gasteiger partial charge in [0.1, 0.15) is 5.75 Å². The van der Waals surface area contributed by atoms with E-state index >= 15 is 0 Å². The first-order chi connectivity index (χ1) is 8.65. The molecule has 2 unspecified atom stereocenters. The number of hydrogen-bond donors (Lipinski definition) is 1. The van der Waals surface area contributed by atoms with Gasteiger partial charge in [-0.1, -0.05) is 19.9 Å². The van der Waals surface area contributed by atoms with Crippen LogP contribution in [0.4, 0.5) is 0 Å². The normalized spacial score (nSPS) is 14.2. The van der Waals surface area contributed by atoms with Gasteiger partial charge in [0, 0.05) is 16.2 Å². The fourth-order valence-corrected chi connectivity index (χ4v) is 3.12. The quantitative estimate of drug-likeness (QED) is 0.721. The average Bonchev–Trinajstić information content (AvgIpc) is 2.36. The van der Waals surface area contributed by atoms with E-state index in [0.29, 0.717) is 11.3 Å². The van der Waals surface area contributed by atoms with Crippen molar-refractivity contribution in [3.05, 3.63) is 24.3 Å². The maximum Gasteiger partial charge on any atom is 0.119 e. The maximum absolute atomic E-state index is 5.24. The molecule has 0 radical (unpaired) electrons. The molecule has 102 valence electrons. The second-order valence-corrected chi connectivity index (χ2v) is 6.21. The van der Waals surface area contributed by atoms with Gasteiger partial charge < -0.3 is 10.1 Å². The Morgan fingerprint density at radius 2 is 2.11 bits per heavy atom. The standard InChI is InChI=1S/C15H25NOS/c1-5-9-16-12(2)10-13(3)18-15-8-6-7-14(11-15)17-4/h6-8,11-13,16H,5,9-10H2,1-4H3.